The minimum absolute atomic E-state index is 0.0455. The van der Waals surface area contributed by atoms with Crippen molar-refractivity contribution in [3.05, 3.63) is 75.8 Å². The van der Waals surface area contributed by atoms with Gasteiger partial charge in [0, 0.05) is 5.56 Å². The monoisotopic (exact) mass is 406 g/mol. The first kappa shape index (κ1) is 19.2. The van der Waals surface area contributed by atoms with E-state index in [1.807, 2.05) is 32.9 Å². The van der Waals surface area contributed by atoms with Gasteiger partial charge in [-0.05, 0) is 68.1 Å². The summed E-state index contributed by atoms with van der Waals surface area (Å²) in [4.78, 5) is 26.4. The molecule has 4 nitrogen and oxygen atoms in total. The van der Waals surface area contributed by atoms with Gasteiger partial charge in [0.1, 0.15) is 11.6 Å². The summed E-state index contributed by atoms with van der Waals surface area (Å²) in [5.41, 5.74) is 4.61. The van der Waals surface area contributed by atoms with Gasteiger partial charge in [0.2, 0.25) is 0 Å². The zero-order chi connectivity index (χ0) is 21.3. The number of fused-ring (bicyclic) bond motifs is 5. The van der Waals surface area contributed by atoms with E-state index in [9.17, 15) is 19.1 Å². The van der Waals surface area contributed by atoms with Crippen LogP contribution in [0.25, 0.3) is 5.57 Å². The van der Waals surface area contributed by atoms with Gasteiger partial charge < -0.3 is 9.84 Å². The van der Waals surface area contributed by atoms with E-state index in [-0.39, 0.29) is 23.4 Å². The maximum Gasteiger partial charge on any atom is 0.173 e. The molecule has 0 aromatic heterocycles. The number of aliphatic hydroxyl groups is 1. The predicted molar refractivity (Wildman–Crippen MR) is 110 cm³/mol. The third-order valence-electron chi connectivity index (χ3n) is 6.87. The average Bonchev–Trinajstić information content (AvgIpc) is 3.34. The van der Waals surface area contributed by atoms with Crippen LogP contribution in [0, 0.1) is 44.3 Å². The number of carbonyl (C=O) groups excluding carboxylic acids is 2. The average molecular weight is 406 g/mol. The molecule has 0 radical (unpaired) electrons. The highest BCUT2D eigenvalue weighted by Gasteiger charge is 2.63. The van der Waals surface area contributed by atoms with Gasteiger partial charge in [-0.3, -0.25) is 9.59 Å². The van der Waals surface area contributed by atoms with Gasteiger partial charge in [-0.2, -0.15) is 0 Å². The van der Waals surface area contributed by atoms with Crippen LogP contribution < -0.4 is 0 Å². The minimum Gasteiger partial charge on any atom is -0.511 e. The summed E-state index contributed by atoms with van der Waals surface area (Å²) in [6.07, 6.45) is -0.474. The van der Waals surface area contributed by atoms with Crippen molar-refractivity contribution in [2.75, 3.05) is 0 Å². The first-order valence-electron chi connectivity index (χ1n) is 10.3. The third kappa shape index (κ3) is 2.61. The Kier molecular flexibility index (Phi) is 4.23. The second kappa shape index (κ2) is 6.61. The maximum atomic E-state index is 13.3. The Balaban J connectivity index is 1.52. The molecule has 2 fully saturated rings. The number of allylic oxidation sites excluding steroid dienone is 1. The molecule has 2 aromatic carbocycles. The third-order valence-corrected chi connectivity index (χ3v) is 6.87. The molecule has 3 aliphatic rings. The second-order valence-corrected chi connectivity index (χ2v) is 8.80. The SMILES string of the molecule is Cc1cc(C)c(C2=C(O)[C@@H]3[C@@H]4O[C@@H](C[C@H]4C(=O)c4ccc(F)cc4)[C@@H]3C2=O)c(C)c1. The summed E-state index contributed by atoms with van der Waals surface area (Å²) < 4.78 is 19.2. The molecule has 2 bridgehead atoms. The lowest BCUT2D eigenvalue weighted by molar-refractivity contribution is -0.118. The Hall–Kier alpha value is -2.79. The van der Waals surface area contributed by atoms with Crippen LogP contribution in [-0.2, 0) is 9.53 Å². The quantitative estimate of drug-likeness (QED) is 0.762. The Morgan fingerprint density at radius 2 is 1.70 bits per heavy atom. The van der Waals surface area contributed by atoms with Crippen LogP contribution >= 0.6 is 0 Å². The van der Waals surface area contributed by atoms with Crippen molar-refractivity contribution in [3.63, 3.8) is 0 Å². The second-order valence-electron chi connectivity index (χ2n) is 8.80. The van der Waals surface area contributed by atoms with Crippen molar-refractivity contribution in [1.82, 2.24) is 0 Å². The molecule has 0 unspecified atom stereocenters. The Morgan fingerprint density at radius 1 is 1.07 bits per heavy atom. The number of benzene rings is 2. The van der Waals surface area contributed by atoms with E-state index >= 15 is 0 Å². The lowest BCUT2D eigenvalue weighted by Gasteiger charge is -2.26. The van der Waals surface area contributed by atoms with Crippen molar-refractivity contribution < 1.29 is 23.8 Å². The molecule has 0 amide bonds. The van der Waals surface area contributed by atoms with Crippen molar-refractivity contribution in [2.24, 2.45) is 17.8 Å². The number of ether oxygens (including phenoxy) is 1. The largest absolute Gasteiger partial charge is 0.511 e. The zero-order valence-corrected chi connectivity index (χ0v) is 17.1. The topological polar surface area (TPSA) is 63.6 Å². The van der Waals surface area contributed by atoms with Gasteiger partial charge in [-0.1, -0.05) is 17.7 Å². The van der Waals surface area contributed by atoms with Crippen LogP contribution in [0.2, 0.25) is 0 Å². The smallest absolute Gasteiger partial charge is 0.173 e. The molecule has 5 atom stereocenters. The molecule has 2 aromatic rings. The number of Topliss-reactive ketones (excluding diaryl/α,β-unsaturated/α-hetero) is 2. The number of carbonyl (C=O) groups is 2. The van der Waals surface area contributed by atoms with Crippen LogP contribution in [0.5, 0.6) is 0 Å². The van der Waals surface area contributed by atoms with Gasteiger partial charge in [-0.25, -0.2) is 4.39 Å². The highest BCUT2D eigenvalue weighted by molar-refractivity contribution is 6.26. The molecular formula is C25H23FO4. The lowest BCUT2D eigenvalue weighted by atomic mass is 9.72. The van der Waals surface area contributed by atoms with Crippen LogP contribution in [0.4, 0.5) is 4.39 Å². The predicted octanol–water partition coefficient (Wildman–Crippen LogP) is 4.51. The van der Waals surface area contributed by atoms with Gasteiger partial charge >= 0.3 is 0 Å². The first-order chi connectivity index (χ1) is 14.3. The molecule has 154 valence electrons. The number of aliphatic hydroxyl groups excluding tert-OH is 1. The Bertz CT molecular complexity index is 1090. The van der Waals surface area contributed by atoms with Crippen molar-refractivity contribution in [3.8, 4) is 0 Å². The fourth-order valence-electron chi connectivity index (χ4n) is 5.77. The number of aryl methyl sites for hydroxylation is 3. The van der Waals surface area contributed by atoms with Crippen LogP contribution in [0.3, 0.4) is 0 Å². The van der Waals surface area contributed by atoms with E-state index in [1.165, 1.54) is 24.3 Å². The standard InChI is InChI=1S/C25H23FO4/c1-11-8-12(2)18(13(3)9-11)20-23(28)19-17-10-16(25(30-17)21(19)24(20)29)22(27)14-4-6-15(26)7-5-14/h4-9,16-17,19,21,25,29H,10H2,1-3H3/t16-,17-,19-,21+,25+/m0/s1. The molecule has 0 spiro atoms. The van der Waals surface area contributed by atoms with Gasteiger partial charge in [0.15, 0.2) is 11.6 Å². The molecular weight excluding hydrogens is 383 g/mol. The summed E-state index contributed by atoms with van der Waals surface area (Å²) in [7, 11) is 0. The van der Waals surface area contributed by atoms with Crippen LogP contribution in [0.15, 0.2) is 42.2 Å². The summed E-state index contributed by atoms with van der Waals surface area (Å²) in [5.74, 6) is -1.96. The molecule has 2 heterocycles. The fraction of sp³-hybridized carbons (Fsp3) is 0.360. The van der Waals surface area contributed by atoms with Crippen LogP contribution in [0.1, 0.15) is 39.0 Å². The molecule has 2 aliphatic heterocycles. The molecule has 2 saturated heterocycles. The Morgan fingerprint density at radius 3 is 2.33 bits per heavy atom. The normalized spacial score (nSPS) is 29.6. The van der Waals surface area contributed by atoms with Gasteiger partial charge in [-0.15, -0.1) is 0 Å². The van der Waals surface area contributed by atoms with E-state index in [4.69, 9.17) is 4.74 Å². The number of hydrogen-bond acceptors (Lipinski definition) is 4. The number of halogens is 1. The van der Waals surface area contributed by atoms with E-state index in [1.54, 1.807) is 0 Å². The fourth-order valence-corrected chi connectivity index (χ4v) is 5.77. The van der Waals surface area contributed by atoms with Crippen LogP contribution in [-0.4, -0.2) is 28.9 Å². The molecule has 0 saturated carbocycles. The number of hydrogen-bond donors (Lipinski definition) is 1. The van der Waals surface area contributed by atoms with E-state index in [2.05, 4.69) is 0 Å². The molecule has 1 N–H and O–H groups in total. The van der Waals surface area contributed by atoms with Crippen molar-refractivity contribution in [2.45, 2.75) is 39.4 Å². The lowest BCUT2D eigenvalue weighted by Crippen LogP contribution is -2.38. The van der Waals surface area contributed by atoms with Gasteiger partial charge in [0.25, 0.3) is 0 Å². The molecule has 30 heavy (non-hydrogen) atoms. The first-order valence-corrected chi connectivity index (χ1v) is 10.3. The number of rotatable bonds is 3. The molecule has 1 aliphatic carbocycles. The molecule has 5 heteroatoms. The minimum atomic E-state index is -0.537. The zero-order valence-electron chi connectivity index (χ0n) is 17.1. The molecule has 5 rings (SSSR count). The maximum absolute atomic E-state index is 13.3. The highest BCUT2D eigenvalue weighted by Crippen LogP contribution is 2.56. The van der Waals surface area contributed by atoms with E-state index < -0.39 is 29.7 Å². The van der Waals surface area contributed by atoms with Gasteiger partial charge in [0.05, 0.1) is 35.5 Å². The Labute approximate surface area is 174 Å². The summed E-state index contributed by atoms with van der Waals surface area (Å²) >= 11 is 0. The summed E-state index contributed by atoms with van der Waals surface area (Å²) in [6.45, 7) is 5.90. The van der Waals surface area contributed by atoms with Crippen molar-refractivity contribution in [1.29, 1.82) is 0 Å². The van der Waals surface area contributed by atoms with Crippen molar-refractivity contribution >= 4 is 17.1 Å². The highest BCUT2D eigenvalue weighted by atomic mass is 19.1. The number of ketones is 2. The summed E-state index contributed by atoms with van der Waals surface area (Å²) in [6, 6.07) is 9.50. The summed E-state index contributed by atoms with van der Waals surface area (Å²) in [5, 5.41) is 11.1. The van der Waals surface area contributed by atoms with E-state index in [0.29, 0.717) is 17.6 Å². The van der Waals surface area contributed by atoms with E-state index in [0.717, 1.165) is 22.3 Å².